The van der Waals surface area contributed by atoms with Crippen molar-refractivity contribution in [2.75, 3.05) is 0 Å². The SMILES string of the molecule is C[C@H](Sc1ccc(F)cc1F)C(=O)NC(N)=O. The van der Waals surface area contributed by atoms with Gasteiger partial charge in [0.05, 0.1) is 5.25 Å². The molecule has 92 valence electrons. The van der Waals surface area contributed by atoms with Gasteiger partial charge in [-0.2, -0.15) is 0 Å². The number of urea groups is 1. The number of benzene rings is 1. The molecule has 4 nitrogen and oxygen atoms in total. The summed E-state index contributed by atoms with van der Waals surface area (Å²) in [6.07, 6.45) is 0. The van der Waals surface area contributed by atoms with Crippen molar-refractivity contribution in [2.24, 2.45) is 5.73 Å². The number of nitrogens with one attached hydrogen (secondary N) is 1. The number of thioether (sulfide) groups is 1. The van der Waals surface area contributed by atoms with Crippen molar-refractivity contribution in [2.45, 2.75) is 17.1 Å². The van der Waals surface area contributed by atoms with Crippen LogP contribution in [-0.4, -0.2) is 17.2 Å². The molecule has 0 unspecified atom stereocenters. The standard InChI is InChI=1S/C10H10F2N2O2S/c1-5(9(15)14-10(13)16)17-8-3-2-6(11)4-7(8)12/h2-5H,1H3,(H3,13,14,15,16)/t5-/m0/s1. The normalized spacial score (nSPS) is 11.9. The summed E-state index contributed by atoms with van der Waals surface area (Å²) in [6, 6.07) is 2.07. The van der Waals surface area contributed by atoms with E-state index in [0.717, 1.165) is 23.9 Å². The van der Waals surface area contributed by atoms with Gasteiger partial charge in [-0.1, -0.05) is 0 Å². The van der Waals surface area contributed by atoms with Gasteiger partial charge in [0.1, 0.15) is 11.6 Å². The van der Waals surface area contributed by atoms with Crippen LogP contribution in [0.15, 0.2) is 23.1 Å². The summed E-state index contributed by atoms with van der Waals surface area (Å²) in [5.41, 5.74) is 4.77. The first kappa shape index (κ1) is 13.4. The summed E-state index contributed by atoms with van der Waals surface area (Å²) in [5.74, 6) is -2.08. The zero-order valence-corrected chi connectivity index (χ0v) is 9.68. The number of primary amides is 1. The van der Waals surface area contributed by atoms with Crippen molar-refractivity contribution in [3.63, 3.8) is 0 Å². The predicted octanol–water partition coefficient (Wildman–Crippen LogP) is 1.64. The van der Waals surface area contributed by atoms with Crippen LogP contribution in [0.5, 0.6) is 0 Å². The lowest BCUT2D eigenvalue weighted by Gasteiger charge is -2.10. The molecule has 0 aromatic heterocycles. The van der Waals surface area contributed by atoms with Crippen LogP contribution in [-0.2, 0) is 4.79 Å². The molecule has 0 aliphatic rings. The van der Waals surface area contributed by atoms with Crippen LogP contribution in [0.2, 0.25) is 0 Å². The lowest BCUT2D eigenvalue weighted by Crippen LogP contribution is -2.39. The van der Waals surface area contributed by atoms with Crippen LogP contribution in [0.3, 0.4) is 0 Å². The fourth-order valence-corrected chi connectivity index (χ4v) is 1.90. The van der Waals surface area contributed by atoms with Crippen molar-refractivity contribution < 1.29 is 18.4 Å². The van der Waals surface area contributed by atoms with Gasteiger partial charge in [-0.3, -0.25) is 10.1 Å². The molecular weight excluding hydrogens is 250 g/mol. The number of imide groups is 1. The molecule has 1 aromatic rings. The van der Waals surface area contributed by atoms with Gasteiger partial charge < -0.3 is 5.73 Å². The Morgan fingerprint density at radius 2 is 2.06 bits per heavy atom. The zero-order chi connectivity index (χ0) is 13.0. The molecule has 3 amide bonds. The number of hydrogen-bond donors (Lipinski definition) is 2. The van der Waals surface area contributed by atoms with Crippen LogP contribution in [0.4, 0.5) is 13.6 Å². The number of halogens is 2. The molecule has 0 saturated heterocycles. The monoisotopic (exact) mass is 260 g/mol. The second-order valence-corrected chi connectivity index (χ2v) is 4.57. The van der Waals surface area contributed by atoms with Crippen molar-refractivity contribution in [3.8, 4) is 0 Å². The highest BCUT2D eigenvalue weighted by molar-refractivity contribution is 8.00. The molecule has 0 aliphatic heterocycles. The van der Waals surface area contributed by atoms with Crippen LogP contribution >= 0.6 is 11.8 Å². The molecular formula is C10H10F2N2O2S. The molecule has 0 radical (unpaired) electrons. The van der Waals surface area contributed by atoms with Crippen LogP contribution in [0.1, 0.15) is 6.92 Å². The number of carbonyl (C=O) groups excluding carboxylic acids is 2. The van der Waals surface area contributed by atoms with E-state index in [2.05, 4.69) is 0 Å². The number of nitrogens with two attached hydrogens (primary N) is 1. The third-order valence-electron chi connectivity index (χ3n) is 1.81. The molecule has 1 rings (SSSR count). The maximum Gasteiger partial charge on any atom is 0.318 e. The van der Waals surface area contributed by atoms with E-state index in [9.17, 15) is 18.4 Å². The van der Waals surface area contributed by atoms with Gasteiger partial charge in [0, 0.05) is 11.0 Å². The van der Waals surface area contributed by atoms with E-state index in [1.807, 2.05) is 5.32 Å². The van der Waals surface area contributed by atoms with Crippen LogP contribution < -0.4 is 11.1 Å². The Labute approximate surface area is 101 Å². The Morgan fingerprint density at radius 1 is 1.41 bits per heavy atom. The van der Waals surface area contributed by atoms with E-state index >= 15 is 0 Å². The molecule has 0 heterocycles. The van der Waals surface area contributed by atoms with Gasteiger partial charge in [-0.15, -0.1) is 11.8 Å². The third kappa shape index (κ3) is 4.03. The topological polar surface area (TPSA) is 72.2 Å². The lowest BCUT2D eigenvalue weighted by molar-refractivity contribution is -0.119. The summed E-state index contributed by atoms with van der Waals surface area (Å²) in [6.45, 7) is 1.48. The maximum absolute atomic E-state index is 13.3. The number of amides is 3. The fraction of sp³-hybridized carbons (Fsp3) is 0.200. The first-order chi connectivity index (χ1) is 7.90. The van der Waals surface area contributed by atoms with Crippen molar-refractivity contribution in [1.82, 2.24) is 5.32 Å². The largest absolute Gasteiger partial charge is 0.351 e. The Kier molecular flexibility index (Phi) is 4.45. The highest BCUT2D eigenvalue weighted by Crippen LogP contribution is 2.26. The van der Waals surface area contributed by atoms with Gasteiger partial charge in [-0.25, -0.2) is 13.6 Å². The molecule has 1 aromatic carbocycles. The first-order valence-corrected chi connectivity index (χ1v) is 5.50. The molecule has 0 fully saturated rings. The Morgan fingerprint density at radius 3 is 2.59 bits per heavy atom. The van der Waals surface area contributed by atoms with E-state index < -0.39 is 28.8 Å². The zero-order valence-electron chi connectivity index (χ0n) is 8.87. The average molecular weight is 260 g/mol. The predicted molar refractivity (Wildman–Crippen MR) is 59.4 cm³/mol. The summed E-state index contributed by atoms with van der Waals surface area (Å²) >= 11 is 0.867. The second kappa shape index (κ2) is 5.62. The van der Waals surface area contributed by atoms with E-state index in [4.69, 9.17) is 5.73 Å². The van der Waals surface area contributed by atoms with E-state index in [0.29, 0.717) is 0 Å². The summed E-state index contributed by atoms with van der Waals surface area (Å²) in [7, 11) is 0. The van der Waals surface area contributed by atoms with Gasteiger partial charge in [0.15, 0.2) is 0 Å². The van der Waals surface area contributed by atoms with Gasteiger partial charge in [-0.05, 0) is 19.1 Å². The number of carbonyl (C=O) groups is 2. The maximum atomic E-state index is 13.3. The highest BCUT2D eigenvalue weighted by Gasteiger charge is 2.17. The minimum atomic E-state index is -0.970. The van der Waals surface area contributed by atoms with Gasteiger partial charge in [0.25, 0.3) is 0 Å². The smallest absolute Gasteiger partial charge is 0.318 e. The van der Waals surface area contributed by atoms with Crippen molar-refractivity contribution in [3.05, 3.63) is 29.8 Å². The fourth-order valence-electron chi connectivity index (χ4n) is 1.04. The minimum Gasteiger partial charge on any atom is -0.351 e. The Bertz CT molecular complexity index is 454. The Balaban J connectivity index is 2.70. The first-order valence-electron chi connectivity index (χ1n) is 4.62. The van der Waals surface area contributed by atoms with E-state index in [1.54, 1.807) is 0 Å². The summed E-state index contributed by atoms with van der Waals surface area (Å²) in [5, 5.41) is 1.16. The van der Waals surface area contributed by atoms with Crippen LogP contribution in [0.25, 0.3) is 0 Å². The van der Waals surface area contributed by atoms with Gasteiger partial charge in [0.2, 0.25) is 5.91 Å². The Hall–Kier alpha value is -1.63. The molecule has 17 heavy (non-hydrogen) atoms. The van der Waals surface area contributed by atoms with Gasteiger partial charge >= 0.3 is 6.03 Å². The molecule has 3 N–H and O–H groups in total. The second-order valence-electron chi connectivity index (χ2n) is 3.19. The van der Waals surface area contributed by atoms with Crippen molar-refractivity contribution >= 4 is 23.7 Å². The summed E-state index contributed by atoms with van der Waals surface area (Å²) in [4.78, 5) is 21.9. The molecule has 0 bridgehead atoms. The third-order valence-corrected chi connectivity index (χ3v) is 2.97. The minimum absolute atomic E-state index is 0.124. The molecule has 0 aliphatic carbocycles. The van der Waals surface area contributed by atoms with E-state index in [-0.39, 0.29) is 4.90 Å². The summed E-state index contributed by atoms with van der Waals surface area (Å²) < 4.78 is 25.9. The van der Waals surface area contributed by atoms with E-state index in [1.165, 1.54) is 13.0 Å². The number of rotatable bonds is 3. The average Bonchev–Trinajstić information content (AvgIpc) is 2.21. The van der Waals surface area contributed by atoms with Crippen molar-refractivity contribution in [1.29, 1.82) is 0 Å². The lowest BCUT2D eigenvalue weighted by atomic mass is 10.3. The quantitative estimate of drug-likeness (QED) is 0.811. The molecule has 1 atom stereocenters. The highest BCUT2D eigenvalue weighted by atomic mass is 32.2. The molecule has 0 saturated carbocycles. The number of hydrogen-bond acceptors (Lipinski definition) is 3. The van der Waals surface area contributed by atoms with Crippen LogP contribution in [0, 0.1) is 11.6 Å². The molecule has 7 heteroatoms. The molecule has 0 spiro atoms.